The van der Waals surface area contributed by atoms with E-state index in [0.29, 0.717) is 17.0 Å². The molecule has 1 unspecified atom stereocenters. The van der Waals surface area contributed by atoms with Crippen molar-refractivity contribution in [2.45, 2.75) is 19.4 Å². The van der Waals surface area contributed by atoms with Gasteiger partial charge in [-0.05, 0) is 42.5 Å². The summed E-state index contributed by atoms with van der Waals surface area (Å²) in [6.07, 6.45) is 0.710. The lowest BCUT2D eigenvalue weighted by molar-refractivity contribution is -0.120. The van der Waals surface area contributed by atoms with E-state index in [9.17, 15) is 9.59 Å². The number of benzene rings is 1. The second-order valence-corrected chi connectivity index (χ2v) is 6.21. The van der Waals surface area contributed by atoms with E-state index in [1.165, 1.54) is 11.3 Å². The minimum atomic E-state index is -0.234. The van der Waals surface area contributed by atoms with E-state index in [-0.39, 0.29) is 24.4 Å². The van der Waals surface area contributed by atoms with Gasteiger partial charge in [0.1, 0.15) is 0 Å². The summed E-state index contributed by atoms with van der Waals surface area (Å²) >= 11 is 7.28. The van der Waals surface area contributed by atoms with Crippen molar-refractivity contribution in [1.29, 1.82) is 0 Å². The number of carbonyl (C=O) groups is 2. The Hall–Kier alpha value is -1.85. The Morgan fingerprint density at radius 3 is 2.59 bits per heavy atom. The first-order valence-electron chi connectivity index (χ1n) is 6.89. The van der Waals surface area contributed by atoms with Crippen molar-refractivity contribution in [2.75, 3.05) is 6.54 Å². The first kappa shape index (κ1) is 16.5. The van der Waals surface area contributed by atoms with Crippen LogP contribution in [0, 0.1) is 0 Å². The summed E-state index contributed by atoms with van der Waals surface area (Å²) in [5, 5.41) is 9.72. The van der Waals surface area contributed by atoms with Crippen LogP contribution in [0.25, 0.3) is 0 Å². The maximum absolute atomic E-state index is 11.8. The van der Waals surface area contributed by atoms with Crippen LogP contribution in [0.2, 0.25) is 5.02 Å². The molecule has 116 valence electrons. The molecule has 0 bridgehead atoms. The van der Waals surface area contributed by atoms with Gasteiger partial charge < -0.3 is 10.6 Å². The molecule has 0 spiro atoms. The minimum absolute atomic E-state index is 0.0216. The third-order valence-electron chi connectivity index (χ3n) is 3.06. The summed E-state index contributed by atoms with van der Waals surface area (Å²) in [6.45, 7) is 1.90. The topological polar surface area (TPSA) is 58.2 Å². The fourth-order valence-electron chi connectivity index (χ4n) is 2.01. The number of hydrogen-bond acceptors (Lipinski definition) is 3. The zero-order chi connectivity index (χ0) is 15.9. The van der Waals surface area contributed by atoms with Crippen molar-refractivity contribution in [3.8, 4) is 0 Å². The molecule has 0 aliphatic heterocycles. The number of carbonyl (C=O) groups excluding carboxylic acids is 2. The summed E-state index contributed by atoms with van der Waals surface area (Å²) < 4.78 is 0. The second-order valence-electron chi connectivity index (χ2n) is 4.99. The highest BCUT2D eigenvalue weighted by atomic mass is 35.5. The van der Waals surface area contributed by atoms with Gasteiger partial charge in [-0.25, -0.2) is 0 Å². The zero-order valence-corrected chi connectivity index (χ0v) is 13.7. The number of halogens is 1. The van der Waals surface area contributed by atoms with E-state index < -0.39 is 0 Å². The molecule has 0 radical (unpaired) electrons. The third-order valence-corrected chi connectivity index (χ3v) is 3.99. The van der Waals surface area contributed by atoms with Crippen LogP contribution >= 0.6 is 22.9 Å². The maximum Gasteiger partial charge on any atom is 0.252 e. The molecule has 0 aliphatic rings. The fourth-order valence-corrected chi connectivity index (χ4v) is 2.77. The Bertz CT molecular complexity index is 626. The number of nitrogens with one attached hydrogen (secondary N) is 2. The summed E-state index contributed by atoms with van der Waals surface area (Å²) in [5.74, 6) is -0.438. The fraction of sp³-hybridized carbons (Fsp3) is 0.250. The molecule has 1 aromatic heterocycles. The minimum Gasteiger partial charge on any atom is -0.352 e. The molecule has 0 saturated carbocycles. The molecule has 4 nitrogen and oxygen atoms in total. The van der Waals surface area contributed by atoms with Crippen LogP contribution in [0.3, 0.4) is 0 Å². The Balaban J connectivity index is 1.74. The highest BCUT2D eigenvalue weighted by molar-refractivity contribution is 7.08. The Kier molecular flexibility index (Phi) is 5.98. The Morgan fingerprint density at radius 1 is 1.23 bits per heavy atom. The van der Waals surface area contributed by atoms with Crippen LogP contribution in [0.15, 0.2) is 41.1 Å². The van der Waals surface area contributed by atoms with Gasteiger partial charge in [0.05, 0.1) is 6.54 Å². The molecular formula is C16H17ClN2O2S. The smallest absolute Gasteiger partial charge is 0.252 e. The van der Waals surface area contributed by atoms with Gasteiger partial charge in [0.15, 0.2) is 0 Å². The van der Waals surface area contributed by atoms with Gasteiger partial charge >= 0.3 is 0 Å². The van der Waals surface area contributed by atoms with Gasteiger partial charge in [-0.3, -0.25) is 9.59 Å². The van der Waals surface area contributed by atoms with Gasteiger partial charge in [-0.15, -0.1) is 0 Å². The maximum atomic E-state index is 11.8. The monoisotopic (exact) mass is 336 g/mol. The number of rotatable bonds is 6. The highest BCUT2D eigenvalue weighted by Gasteiger charge is 2.11. The predicted molar refractivity (Wildman–Crippen MR) is 89.4 cm³/mol. The first-order chi connectivity index (χ1) is 10.5. The van der Waals surface area contributed by atoms with Crippen LogP contribution in [0.1, 0.15) is 22.8 Å². The average Bonchev–Trinajstić information content (AvgIpc) is 3.01. The predicted octanol–water partition coefficient (Wildman–Crippen LogP) is 2.88. The Morgan fingerprint density at radius 2 is 1.95 bits per heavy atom. The molecule has 0 fully saturated rings. The quantitative estimate of drug-likeness (QED) is 0.852. The van der Waals surface area contributed by atoms with Crippen LogP contribution in [-0.2, 0) is 11.2 Å². The molecule has 2 N–H and O–H groups in total. The third kappa shape index (κ3) is 5.16. The molecule has 1 aromatic carbocycles. The van der Waals surface area contributed by atoms with Gasteiger partial charge in [-0.2, -0.15) is 11.3 Å². The van der Waals surface area contributed by atoms with Crippen LogP contribution < -0.4 is 10.6 Å². The van der Waals surface area contributed by atoms with Gasteiger partial charge in [0.2, 0.25) is 5.91 Å². The first-order valence-corrected chi connectivity index (χ1v) is 8.21. The molecule has 22 heavy (non-hydrogen) atoms. The normalized spacial score (nSPS) is 11.7. The Labute approximate surface area is 138 Å². The molecule has 1 atom stereocenters. The second kappa shape index (κ2) is 7.96. The molecule has 0 aliphatic carbocycles. The molecule has 2 aromatic rings. The van der Waals surface area contributed by atoms with Crippen LogP contribution in [0.4, 0.5) is 0 Å². The summed E-state index contributed by atoms with van der Waals surface area (Å²) in [7, 11) is 0. The van der Waals surface area contributed by atoms with Crippen molar-refractivity contribution in [2.24, 2.45) is 0 Å². The van der Waals surface area contributed by atoms with Crippen molar-refractivity contribution in [3.05, 3.63) is 57.2 Å². The number of amides is 2. The van der Waals surface area contributed by atoms with E-state index in [1.54, 1.807) is 11.4 Å². The summed E-state index contributed by atoms with van der Waals surface area (Å²) in [6, 6.07) is 9.22. The molecule has 0 saturated heterocycles. The van der Waals surface area contributed by atoms with Crippen molar-refractivity contribution in [1.82, 2.24) is 10.6 Å². The molecular weight excluding hydrogens is 320 g/mol. The number of hydrogen-bond donors (Lipinski definition) is 2. The number of thiophene rings is 1. The van der Waals surface area contributed by atoms with E-state index >= 15 is 0 Å². The average molecular weight is 337 g/mol. The largest absolute Gasteiger partial charge is 0.352 e. The molecule has 6 heteroatoms. The van der Waals surface area contributed by atoms with Crippen molar-refractivity contribution >= 4 is 34.8 Å². The van der Waals surface area contributed by atoms with Gasteiger partial charge in [0.25, 0.3) is 5.91 Å². The van der Waals surface area contributed by atoms with Crippen LogP contribution in [0.5, 0.6) is 0 Å². The van der Waals surface area contributed by atoms with E-state index in [1.807, 2.05) is 36.6 Å². The summed E-state index contributed by atoms with van der Waals surface area (Å²) in [4.78, 5) is 23.5. The van der Waals surface area contributed by atoms with E-state index in [4.69, 9.17) is 11.6 Å². The molecule has 2 rings (SSSR count). The van der Waals surface area contributed by atoms with Crippen molar-refractivity contribution in [3.63, 3.8) is 0 Å². The highest BCUT2D eigenvalue weighted by Crippen LogP contribution is 2.11. The van der Waals surface area contributed by atoms with E-state index in [0.717, 1.165) is 5.56 Å². The lowest BCUT2D eigenvalue weighted by atomic mass is 10.1. The van der Waals surface area contributed by atoms with Gasteiger partial charge in [-0.1, -0.05) is 23.7 Å². The van der Waals surface area contributed by atoms with Gasteiger partial charge in [0, 0.05) is 22.0 Å². The molecule has 2 amide bonds. The van der Waals surface area contributed by atoms with Crippen LogP contribution in [-0.4, -0.2) is 24.4 Å². The summed E-state index contributed by atoms with van der Waals surface area (Å²) in [5.41, 5.74) is 1.67. The van der Waals surface area contributed by atoms with E-state index in [2.05, 4.69) is 10.6 Å². The SMILES string of the molecule is CC(Cc1ccc(Cl)cc1)NC(=O)CNC(=O)c1ccsc1. The lowest BCUT2D eigenvalue weighted by Gasteiger charge is -2.14. The standard InChI is InChI=1S/C16H17ClN2O2S/c1-11(8-12-2-4-14(17)5-3-12)19-15(20)9-18-16(21)13-6-7-22-10-13/h2-7,10-11H,8-9H2,1H3,(H,18,21)(H,19,20). The van der Waals surface area contributed by atoms with Crippen molar-refractivity contribution < 1.29 is 9.59 Å². The molecule has 1 heterocycles. The zero-order valence-electron chi connectivity index (χ0n) is 12.1. The lowest BCUT2D eigenvalue weighted by Crippen LogP contribution is -2.41.